The average Bonchev–Trinajstić information content (AvgIpc) is 2.81. The number of esters is 1. The zero-order valence-corrected chi connectivity index (χ0v) is 11.5. The lowest BCUT2D eigenvalue weighted by Crippen LogP contribution is -2.31. The van der Waals surface area contributed by atoms with Gasteiger partial charge in [-0.15, -0.1) is 0 Å². The van der Waals surface area contributed by atoms with Crippen molar-refractivity contribution in [3.63, 3.8) is 0 Å². The summed E-state index contributed by atoms with van der Waals surface area (Å²) >= 11 is 0. The molecule has 1 aliphatic heterocycles. The Morgan fingerprint density at radius 1 is 1.30 bits per heavy atom. The molecule has 1 N–H and O–H groups in total. The van der Waals surface area contributed by atoms with E-state index in [0.29, 0.717) is 5.56 Å². The van der Waals surface area contributed by atoms with Gasteiger partial charge in [-0.05, 0) is 23.3 Å². The van der Waals surface area contributed by atoms with Crippen LogP contribution in [-0.2, 0) is 32.6 Å². The summed E-state index contributed by atoms with van der Waals surface area (Å²) in [6.45, 7) is 0.199. The number of hydrogen-bond donors (Lipinski definition) is 1. The van der Waals surface area contributed by atoms with Gasteiger partial charge in [0.05, 0.1) is 12.7 Å². The summed E-state index contributed by atoms with van der Waals surface area (Å²) < 4.78 is 29.5. The third-order valence-electron chi connectivity index (χ3n) is 3.07. The molecule has 0 aliphatic carbocycles. The first-order valence-electron chi connectivity index (χ1n) is 5.73. The second kappa shape index (κ2) is 5.22. The van der Waals surface area contributed by atoms with Crippen LogP contribution in [0.25, 0.3) is 0 Å². The smallest absolute Gasteiger partial charge is 0.335 e. The first-order chi connectivity index (χ1) is 9.33. The van der Waals surface area contributed by atoms with Crippen molar-refractivity contribution in [2.24, 2.45) is 0 Å². The van der Waals surface area contributed by atoms with E-state index in [1.165, 1.54) is 12.1 Å². The molecule has 0 aromatic heterocycles. The lowest BCUT2D eigenvalue weighted by atomic mass is 10.1. The molecule has 0 atom stereocenters. The van der Waals surface area contributed by atoms with Crippen LogP contribution in [0.2, 0.25) is 0 Å². The van der Waals surface area contributed by atoms with E-state index in [4.69, 9.17) is 5.11 Å². The molecule has 0 amide bonds. The average molecular weight is 299 g/mol. The Labute approximate surface area is 115 Å². The van der Waals surface area contributed by atoms with Gasteiger partial charge in [0.2, 0.25) is 10.0 Å². The summed E-state index contributed by atoms with van der Waals surface area (Å²) in [6.07, 6.45) is 0. The number of nitrogens with zero attached hydrogens (tertiary/aromatic N) is 1. The largest absolute Gasteiger partial charge is 0.478 e. The van der Waals surface area contributed by atoms with Crippen LogP contribution >= 0.6 is 0 Å². The first-order valence-corrected chi connectivity index (χ1v) is 7.34. The van der Waals surface area contributed by atoms with E-state index in [2.05, 4.69) is 4.74 Å². The minimum absolute atomic E-state index is 0.0653. The van der Waals surface area contributed by atoms with Crippen molar-refractivity contribution in [1.29, 1.82) is 0 Å². The first kappa shape index (κ1) is 14.5. The number of methoxy groups -OCH3 is 1. The fourth-order valence-electron chi connectivity index (χ4n) is 1.99. The fourth-order valence-corrected chi connectivity index (χ4v) is 3.26. The van der Waals surface area contributed by atoms with Crippen molar-refractivity contribution in [2.75, 3.05) is 12.9 Å². The molecule has 108 valence electrons. The molecule has 0 radical (unpaired) electrons. The summed E-state index contributed by atoms with van der Waals surface area (Å²) in [7, 11) is -2.64. The molecule has 8 heteroatoms. The molecule has 0 saturated carbocycles. The Morgan fingerprint density at radius 3 is 2.55 bits per heavy atom. The summed E-state index contributed by atoms with van der Waals surface area (Å²) in [5.41, 5.74) is 1.48. The van der Waals surface area contributed by atoms with E-state index in [1.54, 1.807) is 6.07 Å². The Bertz CT molecular complexity index is 667. The Morgan fingerprint density at radius 2 is 1.95 bits per heavy atom. The summed E-state index contributed by atoms with van der Waals surface area (Å²) in [4.78, 5) is 22.0. The van der Waals surface area contributed by atoms with Crippen LogP contribution in [0.3, 0.4) is 0 Å². The maximum atomic E-state index is 12.0. The van der Waals surface area contributed by atoms with Crippen LogP contribution < -0.4 is 0 Å². The number of sulfonamides is 1. The van der Waals surface area contributed by atoms with Crippen molar-refractivity contribution >= 4 is 22.0 Å². The molecule has 1 aromatic rings. The predicted octanol–water partition coefficient (Wildman–Crippen LogP) is 0.203. The van der Waals surface area contributed by atoms with Gasteiger partial charge in [0.25, 0.3) is 0 Å². The Hall–Kier alpha value is -1.93. The molecule has 0 fully saturated rings. The summed E-state index contributed by atoms with van der Waals surface area (Å²) in [5.74, 6) is -2.61. The third-order valence-corrected chi connectivity index (χ3v) is 4.71. The maximum absolute atomic E-state index is 12.0. The van der Waals surface area contributed by atoms with Crippen LogP contribution in [0.4, 0.5) is 0 Å². The number of carboxylic acids is 1. The van der Waals surface area contributed by atoms with Crippen LogP contribution in [0.15, 0.2) is 18.2 Å². The summed E-state index contributed by atoms with van der Waals surface area (Å²) in [6, 6.07) is 4.47. The highest BCUT2D eigenvalue weighted by Gasteiger charge is 2.31. The van der Waals surface area contributed by atoms with Gasteiger partial charge in [-0.2, -0.15) is 4.31 Å². The minimum atomic E-state index is -3.76. The number of benzene rings is 1. The monoisotopic (exact) mass is 299 g/mol. The fraction of sp³-hybridized carbons (Fsp3) is 0.333. The van der Waals surface area contributed by atoms with Gasteiger partial charge >= 0.3 is 11.9 Å². The van der Waals surface area contributed by atoms with Crippen LogP contribution in [0.5, 0.6) is 0 Å². The second-order valence-corrected chi connectivity index (χ2v) is 6.36. The highest BCUT2D eigenvalue weighted by Crippen LogP contribution is 2.26. The molecule has 0 bridgehead atoms. The van der Waals surface area contributed by atoms with Crippen molar-refractivity contribution in [3.05, 3.63) is 34.9 Å². The standard InChI is InChI=1S/C12H13NO6S/c1-19-11(14)7-20(17,18)13-5-9-3-2-8(12(15)16)4-10(9)6-13/h2-4H,5-7H2,1H3,(H,15,16). The highest BCUT2D eigenvalue weighted by molar-refractivity contribution is 7.89. The quantitative estimate of drug-likeness (QED) is 0.797. The van der Waals surface area contributed by atoms with Crippen molar-refractivity contribution in [1.82, 2.24) is 4.31 Å². The van der Waals surface area contributed by atoms with E-state index >= 15 is 0 Å². The van der Waals surface area contributed by atoms with Gasteiger partial charge < -0.3 is 9.84 Å². The lowest BCUT2D eigenvalue weighted by Gasteiger charge is -2.14. The number of carbonyl (C=O) groups is 2. The van der Waals surface area contributed by atoms with Crippen molar-refractivity contribution in [2.45, 2.75) is 13.1 Å². The number of ether oxygens (including phenoxy) is 1. The molecule has 1 aromatic carbocycles. The van der Waals surface area contributed by atoms with Crippen molar-refractivity contribution < 1.29 is 27.9 Å². The molecule has 7 nitrogen and oxygen atoms in total. The van der Waals surface area contributed by atoms with Gasteiger partial charge in [0.1, 0.15) is 0 Å². The molecule has 0 saturated heterocycles. The van der Waals surface area contributed by atoms with Gasteiger partial charge in [-0.3, -0.25) is 4.79 Å². The molecule has 0 unspecified atom stereocenters. The highest BCUT2D eigenvalue weighted by atomic mass is 32.2. The van der Waals surface area contributed by atoms with Crippen LogP contribution in [-0.4, -0.2) is 42.6 Å². The number of rotatable bonds is 4. The number of aromatic carboxylic acids is 1. The molecular formula is C12H13NO6S. The predicted molar refractivity (Wildman–Crippen MR) is 68.5 cm³/mol. The second-order valence-electron chi connectivity index (χ2n) is 4.39. The number of fused-ring (bicyclic) bond motifs is 1. The minimum Gasteiger partial charge on any atom is -0.478 e. The molecule has 20 heavy (non-hydrogen) atoms. The number of carboxylic acid groups (broad SMARTS) is 1. The number of hydrogen-bond acceptors (Lipinski definition) is 5. The van der Waals surface area contributed by atoms with Gasteiger partial charge in [-0.25, -0.2) is 13.2 Å². The molecular weight excluding hydrogens is 286 g/mol. The zero-order chi connectivity index (χ0) is 14.9. The molecule has 0 spiro atoms. The van der Waals surface area contributed by atoms with E-state index in [1.807, 2.05) is 0 Å². The van der Waals surface area contributed by atoms with Gasteiger partial charge in [0.15, 0.2) is 5.75 Å². The Kier molecular flexibility index (Phi) is 3.78. The van der Waals surface area contributed by atoms with Crippen molar-refractivity contribution in [3.8, 4) is 0 Å². The van der Waals surface area contributed by atoms with E-state index in [9.17, 15) is 18.0 Å². The normalized spacial score (nSPS) is 14.8. The van der Waals surface area contributed by atoms with E-state index in [-0.39, 0.29) is 18.7 Å². The maximum Gasteiger partial charge on any atom is 0.335 e. The van der Waals surface area contributed by atoms with Gasteiger partial charge in [-0.1, -0.05) is 6.07 Å². The van der Waals surface area contributed by atoms with E-state index < -0.39 is 27.7 Å². The van der Waals surface area contributed by atoms with E-state index in [0.717, 1.165) is 17.0 Å². The molecule has 1 aliphatic rings. The SMILES string of the molecule is COC(=O)CS(=O)(=O)N1Cc2ccc(C(=O)O)cc2C1. The van der Waals surface area contributed by atoms with Crippen LogP contribution in [0.1, 0.15) is 21.5 Å². The Balaban J connectivity index is 2.21. The summed E-state index contributed by atoms with van der Waals surface area (Å²) in [5, 5.41) is 8.90. The molecule has 1 heterocycles. The topological polar surface area (TPSA) is 101 Å². The zero-order valence-electron chi connectivity index (χ0n) is 10.7. The number of carbonyl (C=O) groups excluding carboxylic acids is 1. The van der Waals surface area contributed by atoms with Gasteiger partial charge in [0, 0.05) is 13.1 Å². The molecule has 2 rings (SSSR count). The van der Waals surface area contributed by atoms with Crippen LogP contribution in [0, 0.1) is 0 Å². The third kappa shape index (κ3) is 2.81. The lowest BCUT2D eigenvalue weighted by molar-refractivity contribution is -0.137.